The van der Waals surface area contributed by atoms with Crippen LogP contribution in [0.25, 0.3) is 0 Å². The summed E-state index contributed by atoms with van der Waals surface area (Å²) in [7, 11) is -2.38. The van der Waals surface area contributed by atoms with Crippen LogP contribution in [0.4, 0.5) is 24.7 Å². The van der Waals surface area contributed by atoms with Crippen LogP contribution in [-0.4, -0.2) is 67.3 Å². The molecule has 1 aliphatic rings. The van der Waals surface area contributed by atoms with E-state index in [1.807, 2.05) is 4.90 Å². The number of ether oxygens (including phenoxy) is 1. The van der Waals surface area contributed by atoms with E-state index in [-0.39, 0.29) is 16.9 Å². The molecule has 188 valence electrons. The number of nitrogens with zero attached hydrogens (tertiary/aromatic N) is 4. The number of rotatable bonds is 8. The summed E-state index contributed by atoms with van der Waals surface area (Å²) in [5.41, 5.74) is -6.31. The number of piperazine rings is 1. The van der Waals surface area contributed by atoms with Crippen LogP contribution >= 0.6 is 0 Å². The van der Waals surface area contributed by atoms with Crippen LogP contribution in [0.2, 0.25) is 0 Å². The number of anilines is 2. The van der Waals surface area contributed by atoms with E-state index in [1.165, 1.54) is 46.7 Å². The quantitative estimate of drug-likeness (QED) is 0.533. The fraction of sp³-hybridized carbons (Fsp3) is 0.500. The van der Waals surface area contributed by atoms with Crippen LogP contribution in [0, 0.1) is 0 Å². The molecule has 1 aromatic carbocycles. The molecule has 14 heteroatoms. The van der Waals surface area contributed by atoms with Crippen molar-refractivity contribution in [2.45, 2.75) is 11.9 Å². The summed E-state index contributed by atoms with van der Waals surface area (Å²) < 4.78 is 69.1. The van der Waals surface area contributed by atoms with Gasteiger partial charge in [0.15, 0.2) is 0 Å². The van der Waals surface area contributed by atoms with E-state index < -0.39 is 15.5 Å². The molecule has 3 rings (SSSR count). The third-order valence-electron chi connectivity index (χ3n) is 5.50. The van der Waals surface area contributed by atoms with Crippen molar-refractivity contribution in [3.8, 4) is 5.75 Å². The van der Waals surface area contributed by atoms with Gasteiger partial charge in [0.25, 0.3) is 5.56 Å². The third kappa shape index (κ3) is 5.91. The van der Waals surface area contributed by atoms with Gasteiger partial charge in [-0.15, -0.1) is 0 Å². The summed E-state index contributed by atoms with van der Waals surface area (Å²) >= 11 is 0. The van der Waals surface area contributed by atoms with E-state index in [0.717, 1.165) is 24.2 Å². The van der Waals surface area contributed by atoms with Gasteiger partial charge in [0.1, 0.15) is 11.6 Å². The standard InChI is InChI=1S/C20H26F3N5O5S/c1-25-17(14-18(29)26(2)19(25)30)28-11-9-27(10-12-28)8-3-13-33-16-6-4-15(5-7-16)24-34(31,32)20(21,22)23/h4-7,14,24H,3,8-13H2,1-2H3. The lowest BCUT2D eigenvalue weighted by Gasteiger charge is -2.36. The summed E-state index contributed by atoms with van der Waals surface area (Å²) in [6.07, 6.45) is 0.701. The molecule has 0 saturated carbocycles. The van der Waals surface area contributed by atoms with E-state index in [9.17, 15) is 31.2 Å². The highest BCUT2D eigenvalue weighted by atomic mass is 32.2. The molecule has 0 radical (unpaired) electrons. The zero-order chi connectivity index (χ0) is 25.1. The SMILES string of the molecule is Cn1c(N2CCN(CCCOc3ccc(NS(=O)(=O)C(F)(F)F)cc3)CC2)cc(=O)n(C)c1=O. The molecule has 0 amide bonds. The fourth-order valence-corrected chi connectivity index (χ4v) is 4.10. The average Bonchev–Trinajstić information content (AvgIpc) is 2.78. The Kier molecular flexibility index (Phi) is 7.60. The Bertz CT molecular complexity index is 1220. The summed E-state index contributed by atoms with van der Waals surface area (Å²) in [6, 6.07) is 6.64. The Balaban J connectivity index is 1.42. The van der Waals surface area contributed by atoms with E-state index >= 15 is 0 Å². The summed E-state index contributed by atoms with van der Waals surface area (Å²) in [5, 5.41) is 0. The molecule has 1 aliphatic heterocycles. The molecule has 1 saturated heterocycles. The van der Waals surface area contributed by atoms with Crippen molar-refractivity contribution in [2.24, 2.45) is 14.1 Å². The van der Waals surface area contributed by atoms with Gasteiger partial charge in [-0.05, 0) is 30.7 Å². The van der Waals surface area contributed by atoms with E-state index in [4.69, 9.17) is 4.74 Å². The first-order valence-electron chi connectivity index (χ1n) is 10.5. The Morgan fingerprint density at radius 2 is 1.62 bits per heavy atom. The fourth-order valence-electron chi connectivity index (χ4n) is 3.54. The van der Waals surface area contributed by atoms with Gasteiger partial charge in [-0.1, -0.05) is 0 Å². The topological polar surface area (TPSA) is 106 Å². The van der Waals surface area contributed by atoms with Gasteiger partial charge in [-0.3, -0.25) is 23.6 Å². The number of nitrogens with one attached hydrogen (secondary N) is 1. The first-order valence-corrected chi connectivity index (χ1v) is 11.9. The molecule has 1 aromatic heterocycles. The number of hydrogen-bond acceptors (Lipinski definition) is 7. The highest BCUT2D eigenvalue weighted by Gasteiger charge is 2.46. The molecule has 1 N–H and O–H groups in total. The van der Waals surface area contributed by atoms with Crippen LogP contribution in [-0.2, 0) is 24.1 Å². The first-order chi connectivity index (χ1) is 15.9. The zero-order valence-electron chi connectivity index (χ0n) is 18.7. The zero-order valence-corrected chi connectivity index (χ0v) is 19.5. The lowest BCUT2D eigenvalue weighted by Crippen LogP contribution is -2.49. The molecule has 0 bridgehead atoms. The van der Waals surface area contributed by atoms with Crippen molar-refractivity contribution in [1.82, 2.24) is 14.0 Å². The van der Waals surface area contributed by atoms with Crippen LogP contribution in [0.5, 0.6) is 5.75 Å². The van der Waals surface area contributed by atoms with Crippen LogP contribution in [0.15, 0.2) is 39.9 Å². The Morgan fingerprint density at radius 3 is 2.21 bits per heavy atom. The largest absolute Gasteiger partial charge is 0.516 e. The molecule has 2 aromatic rings. The van der Waals surface area contributed by atoms with Gasteiger partial charge < -0.3 is 9.64 Å². The van der Waals surface area contributed by atoms with Crippen molar-refractivity contribution in [1.29, 1.82) is 0 Å². The molecular formula is C20H26F3N5O5S. The van der Waals surface area contributed by atoms with Crippen molar-refractivity contribution in [3.05, 3.63) is 51.2 Å². The lowest BCUT2D eigenvalue weighted by molar-refractivity contribution is -0.0429. The van der Waals surface area contributed by atoms with Gasteiger partial charge in [-0.2, -0.15) is 21.6 Å². The molecule has 10 nitrogen and oxygen atoms in total. The Labute approximate surface area is 194 Å². The van der Waals surface area contributed by atoms with Gasteiger partial charge in [-0.25, -0.2) is 4.79 Å². The first kappa shape index (κ1) is 25.6. The second kappa shape index (κ2) is 10.1. The number of hydrogen-bond donors (Lipinski definition) is 1. The van der Waals surface area contributed by atoms with Gasteiger partial charge in [0, 0.05) is 58.6 Å². The minimum atomic E-state index is -5.46. The van der Waals surface area contributed by atoms with E-state index in [1.54, 1.807) is 7.05 Å². The van der Waals surface area contributed by atoms with Gasteiger partial charge >= 0.3 is 21.2 Å². The number of sulfonamides is 1. The van der Waals surface area contributed by atoms with Crippen LogP contribution in [0.1, 0.15) is 6.42 Å². The molecule has 0 atom stereocenters. The maximum atomic E-state index is 12.4. The third-order valence-corrected chi connectivity index (χ3v) is 6.61. The minimum absolute atomic E-state index is 0.212. The molecule has 1 fully saturated rings. The molecule has 0 spiro atoms. The number of alkyl halides is 3. The normalized spacial score (nSPS) is 15.4. The van der Waals surface area contributed by atoms with Crippen LogP contribution in [0.3, 0.4) is 0 Å². The smallest absolute Gasteiger partial charge is 0.494 e. The van der Waals surface area contributed by atoms with Crippen LogP contribution < -0.4 is 25.6 Å². The van der Waals surface area contributed by atoms with E-state index in [0.29, 0.717) is 37.7 Å². The molecule has 0 aliphatic carbocycles. The minimum Gasteiger partial charge on any atom is -0.494 e. The van der Waals surface area contributed by atoms with Crippen molar-refractivity contribution < 1.29 is 26.3 Å². The Morgan fingerprint density at radius 1 is 1.00 bits per heavy atom. The highest BCUT2D eigenvalue weighted by molar-refractivity contribution is 7.93. The van der Waals surface area contributed by atoms with Gasteiger partial charge in [0.05, 0.1) is 6.61 Å². The molecule has 2 heterocycles. The molecular weight excluding hydrogens is 479 g/mol. The van der Waals surface area contributed by atoms with Gasteiger partial charge in [0.2, 0.25) is 0 Å². The van der Waals surface area contributed by atoms with Crippen molar-refractivity contribution in [2.75, 3.05) is 49.0 Å². The monoisotopic (exact) mass is 505 g/mol. The second-order valence-corrected chi connectivity index (χ2v) is 9.52. The number of aromatic nitrogens is 2. The molecule has 34 heavy (non-hydrogen) atoms. The average molecular weight is 506 g/mol. The predicted molar refractivity (Wildman–Crippen MR) is 121 cm³/mol. The second-order valence-electron chi connectivity index (χ2n) is 7.85. The summed E-state index contributed by atoms with van der Waals surface area (Å²) in [6.45, 7) is 3.95. The lowest BCUT2D eigenvalue weighted by atomic mass is 10.3. The van der Waals surface area contributed by atoms with E-state index in [2.05, 4.69) is 4.90 Å². The Hall–Kier alpha value is -3.00. The maximum Gasteiger partial charge on any atom is 0.516 e. The summed E-state index contributed by atoms with van der Waals surface area (Å²) in [5.74, 6) is 1.00. The molecule has 0 unspecified atom stereocenters. The van der Waals surface area contributed by atoms with Crippen molar-refractivity contribution in [3.63, 3.8) is 0 Å². The number of halogens is 3. The summed E-state index contributed by atoms with van der Waals surface area (Å²) in [4.78, 5) is 28.3. The predicted octanol–water partition coefficient (Wildman–Crippen LogP) is 0.937. The van der Waals surface area contributed by atoms with Crippen molar-refractivity contribution >= 4 is 21.5 Å². The maximum absolute atomic E-state index is 12.4. The highest BCUT2D eigenvalue weighted by Crippen LogP contribution is 2.26. The number of benzene rings is 1.